The minimum atomic E-state index is -1.22. The molecule has 0 aliphatic heterocycles. The summed E-state index contributed by atoms with van der Waals surface area (Å²) in [6, 6.07) is 0. The van der Waals surface area contributed by atoms with Crippen molar-refractivity contribution in [2.24, 2.45) is 0 Å². The summed E-state index contributed by atoms with van der Waals surface area (Å²) in [5, 5.41) is 14.2. The number of anilines is 2. The average Bonchev–Trinajstić information content (AvgIpc) is 3.08. The predicted octanol–water partition coefficient (Wildman–Crippen LogP) is -1.58. The number of rotatable bonds is 10. The van der Waals surface area contributed by atoms with Crippen LogP contribution in [0, 0.1) is 0 Å². The summed E-state index contributed by atoms with van der Waals surface area (Å²) in [4.78, 5) is 61.1. The number of nitrogens with one attached hydrogen (secondary N) is 2. The number of alkyl carbamates (subject to hydrolysis) is 1. The number of aromatic nitrogens is 4. The number of amides is 3. The van der Waals surface area contributed by atoms with Gasteiger partial charge in [0.25, 0.3) is 0 Å². The molecular formula is C19H30N9O6+. The zero-order valence-electron chi connectivity index (χ0n) is 19.3. The van der Waals surface area contributed by atoms with E-state index >= 15 is 0 Å². The Morgan fingerprint density at radius 3 is 2.59 bits per heavy atom. The van der Waals surface area contributed by atoms with Crippen molar-refractivity contribution in [3.05, 3.63) is 6.33 Å². The van der Waals surface area contributed by atoms with E-state index < -0.39 is 30.1 Å². The van der Waals surface area contributed by atoms with Crippen molar-refractivity contribution in [1.82, 2.24) is 29.7 Å². The second kappa shape index (κ2) is 11.2. The van der Waals surface area contributed by atoms with E-state index in [2.05, 4.69) is 31.3 Å². The van der Waals surface area contributed by atoms with Crippen molar-refractivity contribution in [3.63, 3.8) is 0 Å². The molecule has 2 aromatic rings. The Kier molecular flexibility index (Phi) is 8.66. The molecule has 0 radical (unpaired) electrons. The van der Waals surface area contributed by atoms with Gasteiger partial charge in [-0.2, -0.15) is 9.97 Å². The van der Waals surface area contributed by atoms with Gasteiger partial charge in [-0.05, 0) is 20.8 Å². The maximum atomic E-state index is 12.8. The number of quaternary nitrogens is 1. The van der Waals surface area contributed by atoms with Crippen molar-refractivity contribution in [1.29, 1.82) is 0 Å². The third kappa shape index (κ3) is 7.84. The average molecular weight is 481 g/mol. The summed E-state index contributed by atoms with van der Waals surface area (Å²) >= 11 is 0. The Hall–Kier alpha value is -4.01. The summed E-state index contributed by atoms with van der Waals surface area (Å²) < 4.78 is 6.48. The molecule has 186 valence electrons. The summed E-state index contributed by atoms with van der Waals surface area (Å²) in [5.74, 6) is -2.18. The zero-order chi connectivity index (χ0) is 25.5. The molecule has 3 amide bonds. The van der Waals surface area contributed by atoms with Gasteiger partial charge < -0.3 is 36.1 Å². The monoisotopic (exact) mass is 480 g/mol. The van der Waals surface area contributed by atoms with E-state index in [0.29, 0.717) is 6.54 Å². The Bertz CT molecular complexity index is 1060. The van der Waals surface area contributed by atoms with Crippen LogP contribution in [0.15, 0.2) is 6.33 Å². The van der Waals surface area contributed by atoms with Crippen LogP contribution in [0.2, 0.25) is 0 Å². The lowest BCUT2D eigenvalue weighted by Crippen LogP contribution is -2.51. The van der Waals surface area contributed by atoms with Gasteiger partial charge in [0.1, 0.15) is 24.2 Å². The zero-order valence-corrected chi connectivity index (χ0v) is 19.3. The fourth-order valence-corrected chi connectivity index (χ4v) is 2.79. The molecular weight excluding hydrogens is 450 g/mol. The van der Waals surface area contributed by atoms with Gasteiger partial charge in [0.2, 0.25) is 17.8 Å². The maximum Gasteiger partial charge on any atom is 0.407 e. The Morgan fingerprint density at radius 1 is 1.26 bits per heavy atom. The van der Waals surface area contributed by atoms with Gasteiger partial charge in [-0.1, -0.05) is 0 Å². The number of nitrogens with zero attached hydrogens (tertiary/aromatic N) is 5. The van der Waals surface area contributed by atoms with E-state index in [-0.39, 0.29) is 54.9 Å². The number of hydrogen-bond donors (Lipinski definition) is 5. The van der Waals surface area contributed by atoms with Gasteiger partial charge in [-0.25, -0.2) is 9.78 Å². The number of carboxylic acids is 1. The molecule has 0 saturated carbocycles. The highest BCUT2D eigenvalue weighted by Crippen LogP contribution is 2.18. The Labute approximate surface area is 194 Å². The number of fused-ring (bicyclic) bond motifs is 1. The standard InChI is InChI=1S/C19H29N9O6/c1-19(2,3)34-18(33)22-6-7-27(9-13(31)32)12(30)8-28-10-23-14-15(21)25-17(26-16(14)28)24-11(29)4-5-20/h10H,4-9,20H2,1-3H3,(H,22,33)(H,31,32)(H3,21,24,25,26,29)/p+1. The minimum absolute atomic E-state index is 0.00470. The Balaban J connectivity index is 2.13. The van der Waals surface area contributed by atoms with Gasteiger partial charge in [0.05, 0.1) is 19.3 Å². The predicted molar refractivity (Wildman–Crippen MR) is 119 cm³/mol. The van der Waals surface area contributed by atoms with E-state index in [9.17, 15) is 24.3 Å². The first-order chi connectivity index (χ1) is 15.9. The normalized spacial score (nSPS) is 11.2. The molecule has 15 heteroatoms. The van der Waals surface area contributed by atoms with Gasteiger partial charge in [-0.15, -0.1) is 0 Å². The van der Waals surface area contributed by atoms with E-state index in [1.165, 1.54) is 10.9 Å². The van der Waals surface area contributed by atoms with Gasteiger partial charge in [-0.3, -0.25) is 19.7 Å². The molecule has 0 atom stereocenters. The molecule has 0 bridgehead atoms. The maximum absolute atomic E-state index is 12.8. The van der Waals surface area contributed by atoms with Crippen LogP contribution in [-0.4, -0.2) is 85.2 Å². The topological polar surface area (TPSA) is 222 Å². The smallest absolute Gasteiger partial charge is 0.407 e. The number of nitrogen functional groups attached to an aromatic ring is 1. The molecule has 0 spiro atoms. The minimum Gasteiger partial charge on any atom is -0.480 e. The fourth-order valence-electron chi connectivity index (χ4n) is 2.79. The molecule has 8 N–H and O–H groups in total. The second-order valence-electron chi connectivity index (χ2n) is 8.27. The SMILES string of the molecule is CC(C)(C)OC(=O)NCCN(CC(=O)O)C(=O)Cn1cnc2c(N)nc(NC(=O)CC[NH3+])nc21. The molecule has 34 heavy (non-hydrogen) atoms. The van der Waals surface area contributed by atoms with Crippen LogP contribution < -0.4 is 22.1 Å². The number of hydrogen-bond acceptors (Lipinski definition) is 9. The highest BCUT2D eigenvalue weighted by Gasteiger charge is 2.21. The lowest BCUT2D eigenvalue weighted by atomic mass is 10.2. The van der Waals surface area contributed by atoms with E-state index in [4.69, 9.17) is 10.5 Å². The summed E-state index contributed by atoms with van der Waals surface area (Å²) in [5.41, 5.74) is 9.21. The van der Waals surface area contributed by atoms with Gasteiger partial charge in [0.15, 0.2) is 11.5 Å². The molecule has 0 aliphatic carbocycles. The van der Waals surface area contributed by atoms with Crippen molar-refractivity contribution in [2.45, 2.75) is 39.3 Å². The van der Waals surface area contributed by atoms with Crippen LogP contribution in [0.1, 0.15) is 27.2 Å². The van der Waals surface area contributed by atoms with E-state index in [0.717, 1.165) is 4.90 Å². The first-order valence-electron chi connectivity index (χ1n) is 10.4. The largest absolute Gasteiger partial charge is 0.480 e. The van der Waals surface area contributed by atoms with E-state index in [1.807, 2.05) is 0 Å². The molecule has 0 aliphatic rings. The van der Waals surface area contributed by atoms with Crippen molar-refractivity contribution >= 4 is 46.8 Å². The number of aliphatic carboxylic acids is 1. The van der Waals surface area contributed by atoms with Crippen LogP contribution in [0.5, 0.6) is 0 Å². The molecule has 0 aromatic carbocycles. The highest BCUT2D eigenvalue weighted by atomic mass is 16.6. The number of imidazole rings is 1. The summed E-state index contributed by atoms with van der Waals surface area (Å²) in [6.45, 7) is 4.53. The summed E-state index contributed by atoms with van der Waals surface area (Å²) in [7, 11) is 0. The Morgan fingerprint density at radius 2 is 1.97 bits per heavy atom. The van der Waals surface area contributed by atoms with Crippen LogP contribution in [0.25, 0.3) is 11.2 Å². The third-order valence-electron chi connectivity index (χ3n) is 4.18. The van der Waals surface area contributed by atoms with Crippen LogP contribution in [0.4, 0.5) is 16.6 Å². The molecule has 0 fully saturated rings. The number of nitrogens with two attached hydrogens (primary N) is 1. The van der Waals surface area contributed by atoms with E-state index in [1.54, 1.807) is 20.8 Å². The molecule has 0 saturated heterocycles. The van der Waals surface area contributed by atoms with Crippen molar-refractivity contribution < 1.29 is 34.8 Å². The molecule has 2 heterocycles. The number of carbonyl (C=O) groups is 4. The van der Waals surface area contributed by atoms with Crippen LogP contribution in [-0.2, 0) is 25.7 Å². The molecule has 2 aromatic heterocycles. The van der Waals surface area contributed by atoms with Gasteiger partial charge in [0, 0.05) is 13.1 Å². The summed E-state index contributed by atoms with van der Waals surface area (Å²) in [6.07, 6.45) is 0.796. The fraction of sp³-hybridized carbons (Fsp3) is 0.526. The molecule has 0 unspecified atom stereocenters. The van der Waals surface area contributed by atoms with Crippen LogP contribution in [0.3, 0.4) is 0 Å². The van der Waals surface area contributed by atoms with Crippen LogP contribution >= 0.6 is 0 Å². The lowest BCUT2D eigenvalue weighted by molar-refractivity contribution is -0.365. The number of carboxylic acid groups (broad SMARTS) is 1. The second-order valence-corrected chi connectivity index (χ2v) is 8.27. The van der Waals surface area contributed by atoms with Crippen molar-refractivity contribution in [3.8, 4) is 0 Å². The number of carbonyl (C=O) groups excluding carboxylic acids is 3. The molecule has 15 nitrogen and oxygen atoms in total. The first kappa shape index (κ1) is 26.2. The highest BCUT2D eigenvalue weighted by molar-refractivity contribution is 5.91. The third-order valence-corrected chi connectivity index (χ3v) is 4.18. The van der Waals surface area contributed by atoms with Crippen molar-refractivity contribution in [2.75, 3.05) is 37.2 Å². The van der Waals surface area contributed by atoms with Gasteiger partial charge >= 0.3 is 12.1 Å². The lowest BCUT2D eigenvalue weighted by Gasteiger charge is -2.23. The number of ether oxygens (including phenoxy) is 1. The molecule has 2 rings (SSSR count). The quantitative estimate of drug-likeness (QED) is 0.262. The first-order valence-corrected chi connectivity index (χ1v) is 10.4.